The van der Waals surface area contributed by atoms with Crippen molar-refractivity contribution in [2.45, 2.75) is 32.2 Å². The molecule has 1 aromatic heterocycles. The number of sulfonamides is 1. The molecule has 0 saturated carbocycles. The third kappa shape index (κ3) is 4.38. The maximum absolute atomic E-state index is 13.3. The van der Waals surface area contributed by atoms with Gasteiger partial charge < -0.3 is 10.3 Å². The zero-order valence-electron chi connectivity index (χ0n) is 19.1. The molecule has 0 aliphatic rings. The molecule has 0 radical (unpaired) electrons. The van der Waals surface area contributed by atoms with Crippen LogP contribution in [0.4, 0.5) is 5.69 Å². The van der Waals surface area contributed by atoms with Crippen LogP contribution in [0.2, 0.25) is 0 Å². The molecule has 1 amide bonds. The summed E-state index contributed by atoms with van der Waals surface area (Å²) in [5, 5.41) is 10.1. The first-order valence-corrected chi connectivity index (χ1v) is 12.1. The molecule has 34 heavy (non-hydrogen) atoms. The molecule has 0 unspecified atom stereocenters. The van der Waals surface area contributed by atoms with E-state index in [4.69, 9.17) is 5.73 Å². The number of fused-ring (bicyclic) bond motifs is 1. The predicted molar refractivity (Wildman–Crippen MR) is 132 cm³/mol. The Balaban J connectivity index is 1.83. The van der Waals surface area contributed by atoms with Crippen molar-refractivity contribution in [1.82, 2.24) is 9.29 Å². The number of hydrogen-bond donors (Lipinski definition) is 2. The van der Waals surface area contributed by atoms with Gasteiger partial charge in [0, 0.05) is 17.6 Å². The van der Waals surface area contributed by atoms with Gasteiger partial charge in [-0.25, -0.2) is 13.1 Å². The summed E-state index contributed by atoms with van der Waals surface area (Å²) >= 11 is 0. The molecule has 0 bridgehead atoms. The molecular formula is C26H24N4O3S. The van der Waals surface area contributed by atoms with E-state index in [2.05, 4.69) is 22.9 Å². The Bertz CT molecular complexity index is 1570. The lowest BCUT2D eigenvalue weighted by Gasteiger charge is -2.16. The molecule has 8 heteroatoms. The van der Waals surface area contributed by atoms with Crippen molar-refractivity contribution in [3.63, 3.8) is 0 Å². The number of rotatable bonds is 5. The van der Waals surface area contributed by atoms with Gasteiger partial charge in [-0.3, -0.25) is 4.79 Å². The van der Waals surface area contributed by atoms with Gasteiger partial charge in [-0.05, 0) is 73.9 Å². The molecule has 0 spiro atoms. The maximum atomic E-state index is 13.3. The zero-order chi connectivity index (χ0) is 24.6. The van der Waals surface area contributed by atoms with Gasteiger partial charge in [0.25, 0.3) is 15.9 Å². The van der Waals surface area contributed by atoms with Gasteiger partial charge in [-0.1, -0.05) is 29.8 Å². The van der Waals surface area contributed by atoms with Gasteiger partial charge in [0.2, 0.25) is 0 Å². The van der Waals surface area contributed by atoms with Crippen LogP contribution in [0.5, 0.6) is 0 Å². The molecule has 7 nitrogen and oxygen atoms in total. The van der Waals surface area contributed by atoms with Crippen LogP contribution in [0.25, 0.3) is 10.9 Å². The third-order valence-corrected chi connectivity index (χ3v) is 7.15. The molecule has 0 fully saturated rings. The Morgan fingerprint density at radius 1 is 1.03 bits per heavy atom. The highest BCUT2D eigenvalue weighted by molar-refractivity contribution is 7.90. The predicted octanol–water partition coefficient (Wildman–Crippen LogP) is 4.19. The standard InChI is InChI=1S/C26H24N4O3S/c1-16-9-17(2)23(18(3)10-16)15-30-24-11-19(14-27)7-8-20(24)12-25(30)26(31)29-34(32,33)22-6-4-5-21(28)13-22/h4-13H,15,28H2,1-3H3,(H,29,31). The number of carbonyl (C=O) groups is 1. The quantitative estimate of drug-likeness (QED) is 0.422. The second kappa shape index (κ2) is 8.69. The Hall–Kier alpha value is -4.09. The lowest BCUT2D eigenvalue weighted by molar-refractivity contribution is 0.0973. The minimum Gasteiger partial charge on any atom is -0.399 e. The van der Waals surface area contributed by atoms with Crippen molar-refractivity contribution >= 4 is 32.5 Å². The molecule has 1 heterocycles. The van der Waals surface area contributed by atoms with Crippen molar-refractivity contribution in [3.05, 3.63) is 94.2 Å². The van der Waals surface area contributed by atoms with Gasteiger partial charge in [0.1, 0.15) is 5.69 Å². The number of nitrogen functional groups attached to an aromatic ring is 1. The number of benzene rings is 3. The number of aromatic nitrogens is 1. The highest BCUT2D eigenvalue weighted by Gasteiger charge is 2.23. The van der Waals surface area contributed by atoms with E-state index in [0.29, 0.717) is 17.6 Å². The number of carbonyl (C=O) groups excluding carboxylic acids is 1. The average molecular weight is 473 g/mol. The van der Waals surface area contributed by atoms with E-state index in [1.54, 1.807) is 34.9 Å². The van der Waals surface area contributed by atoms with E-state index in [-0.39, 0.29) is 16.3 Å². The van der Waals surface area contributed by atoms with Crippen LogP contribution in [0.3, 0.4) is 0 Å². The molecule has 0 aliphatic carbocycles. The summed E-state index contributed by atoms with van der Waals surface area (Å²) in [4.78, 5) is 13.2. The van der Waals surface area contributed by atoms with Crippen molar-refractivity contribution in [1.29, 1.82) is 5.26 Å². The molecule has 3 aromatic carbocycles. The van der Waals surface area contributed by atoms with Crippen molar-refractivity contribution in [2.24, 2.45) is 0 Å². The summed E-state index contributed by atoms with van der Waals surface area (Å²) in [5.74, 6) is -0.764. The van der Waals surface area contributed by atoms with Crippen LogP contribution >= 0.6 is 0 Å². The maximum Gasteiger partial charge on any atom is 0.281 e. The Labute approximate surface area is 198 Å². The first-order valence-electron chi connectivity index (χ1n) is 10.6. The lowest BCUT2D eigenvalue weighted by atomic mass is 9.99. The molecule has 3 N–H and O–H groups in total. The summed E-state index contributed by atoms with van der Waals surface area (Å²) in [6.45, 7) is 6.38. The van der Waals surface area contributed by atoms with Crippen LogP contribution in [-0.4, -0.2) is 18.9 Å². The molecule has 0 saturated heterocycles. The van der Waals surface area contributed by atoms with Crippen LogP contribution < -0.4 is 10.5 Å². The Morgan fingerprint density at radius 3 is 2.38 bits per heavy atom. The summed E-state index contributed by atoms with van der Waals surface area (Å²) in [7, 11) is -4.14. The minimum absolute atomic E-state index is 0.0968. The van der Waals surface area contributed by atoms with Gasteiger partial charge in [0.05, 0.1) is 22.0 Å². The first kappa shape index (κ1) is 23.1. The van der Waals surface area contributed by atoms with Crippen LogP contribution in [0.1, 0.15) is 38.3 Å². The lowest BCUT2D eigenvalue weighted by Crippen LogP contribution is -2.32. The molecule has 172 valence electrons. The summed E-state index contributed by atoms with van der Waals surface area (Å²) < 4.78 is 29.6. The fourth-order valence-corrected chi connectivity index (χ4v) is 5.23. The fourth-order valence-electron chi connectivity index (χ4n) is 4.21. The van der Waals surface area contributed by atoms with Crippen molar-refractivity contribution in [2.75, 3.05) is 5.73 Å². The van der Waals surface area contributed by atoms with Crippen molar-refractivity contribution in [3.8, 4) is 6.07 Å². The Kier molecular flexibility index (Phi) is 5.90. The smallest absolute Gasteiger partial charge is 0.281 e. The largest absolute Gasteiger partial charge is 0.399 e. The summed E-state index contributed by atoms with van der Waals surface area (Å²) in [6.07, 6.45) is 0. The summed E-state index contributed by atoms with van der Waals surface area (Å²) in [5.41, 5.74) is 11.6. The van der Waals surface area contributed by atoms with Gasteiger partial charge in [-0.2, -0.15) is 5.26 Å². The minimum atomic E-state index is -4.14. The summed E-state index contributed by atoms with van der Waals surface area (Å²) in [6, 6.07) is 18.8. The number of anilines is 1. The molecule has 4 rings (SSSR count). The van der Waals surface area contributed by atoms with E-state index in [1.165, 1.54) is 18.2 Å². The normalized spacial score (nSPS) is 11.4. The number of nitrogens with two attached hydrogens (primary N) is 1. The monoisotopic (exact) mass is 472 g/mol. The second-order valence-corrected chi connectivity index (χ2v) is 10.1. The fraction of sp³-hybridized carbons (Fsp3) is 0.154. The van der Waals surface area contributed by atoms with Crippen LogP contribution in [0.15, 0.2) is 65.6 Å². The first-order chi connectivity index (χ1) is 16.1. The number of nitrogens with one attached hydrogen (secondary N) is 1. The average Bonchev–Trinajstić information content (AvgIpc) is 3.13. The number of nitriles is 1. The van der Waals surface area contributed by atoms with E-state index in [9.17, 15) is 18.5 Å². The molecule has 0 atom stereocenters. The highest BCUT2D eigenvalue weighted by Crippen LogP contribution is 2.26. The van der Waals surface area contributed by atoms with Gasteiger partial charge in [0.15, 0.2) is 0 Å². The topological polar surface area (TPSA) is 118 Å². The second-order valence-electron chi connectivity index (χ2n) is 8.39. The van der Waals surface area contributed by atoms with Crippen molar-refractivity contribution < 1.29 is 13.2 Å². The van der Waals surface area contributed by atoms with Crippen LogP contribution in [-0.2, 0) is 16.6 Å². The molecule has 4 aromatic rings. The third-order valence-electron chi connectivity index (χ3n) is 5.82. The van der Waals surface area contributed by atoms with Gasteiger partial charge in [-0.15, -0.1) is 0 Å². The zero-order valence-corrected chi connectivity index (χ0v) is 19.9. The van der Waals surface area contributed by atoms with Crippen LogP contribution in [0, 0.1) is 32.1 Å². The van der Waals surface area contributed by atoms with E-state index < -0.39 is 15.9 Å². The molecular weight excluding hydrogens is 448 g/mol. The highest BCUT2D eigenvalue weighted by atomic mass is 32.2. The SMILES string of the molecule is Cc1cc(C)c(Cn2c(C(=O)NS(=O)(=O)c3cccc(N)c3)cc3ccc(C#N)cc32)c(C)c1. The number of nitrogens with zero attached hydrogens (tertiary/aromatic N) is 2. The van der Waals surface area contributed by atoms with E-state index in [1.807, 2.05) is 20.8 Å². The molecule has 0 aliphatic heterocycles. The number of hydrogen-bond acceptors (Lipinski definition) is 5. The number of aryl methyl sites for hydroxylation is 3. The van der Waals surface area contributed by atoms with E-state index >= 15 is 0 Å². The number of amides is 1. The van der Waals surface area contributed by atoms with E-state index in [0.717, 1.165) is 27.6 Å². The Morgan fingerprint density at radius 2 is 1.74 bits per heavy atom. The van der Waals surface area contributed by atoms with Gasteiger partial charge >= 0.3 is 0 Å².